The molecule has 1 aliphatic carbocycles. The van der Waals surface area contributed by atoms with Gasteiger partial charge in [0.15, 0.2) is 0 Å². The third-order valence-electron chi connectivity index (χ3n) is 2.80. The number of ketones is 1. The molecule has 0 radical (unpaired) electrons. The topological polar surface area (TPSA) is 17.1 Å². The molecule has 0 aromatic carbocycles. The van der Waals surface area contributed by atoms with Crippen LogP contribution in [0.4, 0.5) is 0 Å². The Balaban J connectivity index is 2.62. The van der Waals surface area contributed by atoms with Crippen LogP contribution in [0.5, 0.6) is 0 Å². The second-order valence-corrected chi connectivity index (χ2v) is 3.70. The second-order valence-electron chi connectivity index (χ2n) is 3.70. The van der Waals surface area contributed by atoms with E-state index in [0.717, 1.165) is 0 Å². The van der Waals surface area contributed by atoms with Gasteiger partial charge in [0.25, 0.3) is 0 Å². The highest BCUT2D eigenvalue weighted by Crippen LogP contribution is 2.57. The van der Waals surface area contributed by atoms with Gasteiger partial charge in [-0.3, -0.25) is 4.79 Å². The van der Waals surface area contributed by atoms with Crippen molar-refractivity contribution in [3.63, 3.8) is 0 Å². The number of carbonyl (C=O) groups is 1. The molecule has 1 aliphatic rings. The van der Waals surface area contributed by atoms with Crippen molar-refractivity contribution >= 4 is 5.78 Å². The maximum Gasteiger partial charge on any atom is 0.133 e. The van der Waals surface area contributed by atoms with Crippen LogP contribution in [0, 0.1) is 17.3 Å². The number of hydrogen-bond acceptors (Lipinski definition) is 1. The van der Waals surface area contributed by atoms with Crippen molar-refractivity contribution in [3.8, 4) is 0 Å². The molecule has 1 nitrogen and oxygen atoms in total. The van der Waals surface area contributed by atoms with E-state index in [4.69, 9.17) is 0 Å². The highest BCUT2D eigenvalue weighted by molar-refractivity contribution is 5.82. The van der Waals surface area contributed by atoms with Gasteiger partial charge >= 0.3 is 0 Å². The zero-order chi connectivity index (χ0) is 7.23. The molecule has 1 saturated carbocycles. The molecule has 1 heteroatoms. The van der Waals surface area contributed by atoms with Crippen molar-refractivity contribution in [3.05, 3.63) is 0 Å². The maximum absolute atomic E-state index is 10.8. The van der Waals surface area contributed by atoms with E-state index < -0.39 is 0 Å². The molecule has 0 aliphatic heterocycles. The molecule has 0 aromatic heterocycles. The molecule has 0 N–H and O–H groups in total. The third-order valence-corrected chi connectivity index (χ3v) is 2.80. The fraction of sp³-hybridized carbons (Fsp3) is 0.875. The monoisotopic (exact) mass is 126 g/mol. The van der Waals surface area contributed by atoms with Crippen LogP contribution in [0.1, 0.15) is 27.7 Å². The summed E-state index contributed by atoms with van der Waals surface area (Å²) in [5.41, 5.74) is 0.297. The first kappa shape index (κ1) is 6.79. The average Bonchev–Trinajstić information content (AvgIpc) is 2.07. The van der Waals surface area contributed by atoms with Gasteiger partial charge < -0.3 is 0 Å². The SMILES string of the molecule is CC(=O)C1C(C)C1(C)C. The summed E-state index contributed by atoms with van der Waals surface area (Å²) in [6.07, 6.45) is 0. The molecule has 0 aromatic rings. The van der Waals surface area contributed by atoms with E-state index in [1.165, 1.54) is 0 Å². The molecular formula is C8H14O. The second kappa shape index (κ2) is 1.59. The Labute approximate surface area is 56.4 Å². The Morgan fingerprint density at radius 1 is 1.44 bits per heavy atom. The molecule has 9 heavy (non-hydrogen) atoms. The van der Waals surface area contributed by atoms with Crippen LogP contribution >= 0.6 is 0 Å². The zero-order valence-electron chi connectivity index (χ0n) is 6.56. The average molecular weight is 126 g/mol. The fourth-order valence-corrected chi connectivity index (χ4v) is 1.77. The number of carbonyl (C=O) groups excluding carboxylic acids is 1. The van der Waals surface area contributed by atoms with Crippen molar-refractivity contribution in [2.45, 2.75) is 27.7 Å². The zero-order valence-corrected chi connectivity index (χ0v) is 6.56. The molecular weight excluding hydrogens is 112 g/mol. The van der Waals surface area contributed by atoms with Gasteiger partial charge in [-0.15, -0.1) is 0 Å². The summed E-state index contributed by atoms with van der Waals surface area (Å²) < 4.78 is 0. The van der Waals surface area contributed by atoms with E-state index >= 15 is 0 Å². The first-order chi connectivity index (χ1) is 3.98. The lowest BCUT2D eigenvalue weighted by molar-refractivity contribution is -0.118. The summed E-state index contributed by atoms with van der Waals surface area (Å²) in [6.45, 7) is 8.15. The minimum absolute atomic E-state index is 0.297. The third kappa shape index (κ3) is 0.790. The summed E-state index contributed by atoms with van der Waals surface area (Å²) in [4.78, 5) is 10.8. The molecule has 0 saturated heterocycles. The minimum Gasteiger partial charge on any atom is -0.300 e. The van der Waals surface area contributed by atoms with Gasteiger partial charge in [0, 0.05) is 5.92 Å². The van der Waals surface area contributed by atoms with Crippen molar-refractivity contribution in [1.29, 1.82) is 0 Å². The number of Topliss-reactive ketones (excluding diaryl/α,β-unsaturated/α-hetero) is 1. The van der Waals surface area contributed by atoms with E-state index in [0.29, 0.717) is 23.0 Å². The molecule has 52 valence electrons. The smallest absolute Gasteiger partial charge is 0.133 e. The number of rotatable bonds is 1. The Kier molecular flexibility index (Phi) is 1.20. The van der Waals surface area contributed by atoms with Gasteiger partial charge in [0.2, 0.25) is 0 Å². The largest absolute Gasteiger partial charge is 0.300 e. The standard InChI is InChI=1S/C8H14O/c1-5-7(6(2)9)8(5,3)4/h5,7H,1-4H3. The van der Waals surface area contributed by atoms with Crippen LogP contribution in [0.2, 0.25) is 0 Å². The van der Waals surface area contributed by atoms with E-state index in [-0.39, 0.29) is 0 Å². The van der Waals surface area contributed by atoms with Crippen molar-refractivity contribution in [2.75, 3.05) is 0 Å². The van der Waals surface area contributed by atoms with E-state index in [9.17, 15) is 4.79 Å². The number of hydrogen-bond donors (Lipinski definition) is 0. The maximum atomic E-state index is 10.8. The van der Waals surface area contributed by atoms with Gasteiger partial charge in [-0.2, -0.15) is 0 Å². The molecule has 2 unspecified atom stereocenters. The summed E-state index contributed by atoms with van der Waals surface area (Å²) in [5, 5.41) is 0. The summed E-state index contributed by atoms with van der Waals surface area (Å²) in [5.74, 6) is 1.31. The molecule has 0 amide bonds. The van der Waals surface area contributed by atoms with Crippen LogP contribution in [-0.4, -0.2) is 5.78 Å². The predicted octanol–water partition coefficient (Wildman–Crippen LogP) is 1.87. The normalized spacial score (nSPS) is 38.2. The fourth-order valence-electron chi connectivity index (χ4n) is 1.77. The summed E-state index contributed by atoms with van der Waals surface area (Å²) in [6, 6.07) is 0. The highest BCUT2D eigenvalue weighted by atomic mass is 16.1. The molecule has 2 atom stereocenters. The molecule has 1 rings (SSSR count). The quantitative estimate of drug-likeness (QED) is 0.524. The first-order valence-corrected chi connectivity index (χ1v) is 3.48. The molecule has 0 spiro atoms. The van der Waals surface area contributed by atoms with Crippen LogP contribution < -0.4 is 0 Å². The van der Waals surface area contributed by atoms with Crippen LogP contribution in [-0.2, 0) is 4.79 Å². The lowest BCUT2D eigenvalue weighted by Crippen LogP contribution is -1.99. The first-order valence-electron chi connectivity index (χ1n) is 3.48. The Morgan fingerprint density at radius 3 is 1.78 bits per heavy atom. The van der Waals surface area contributed by atoms with Crippen LogP contribution in [0.15, 0.2) is 0 Å². The Bertz CT molecular complexity index is 147. The van der Waals surface area contributed by atoms with Crippen LogP contribution in [0.25, 0.3) is 0 Å². The van der Waals surface area contributed by atoms with E-state index in [1.807, 2.05) is 0 Å². The van der Waals surface area contributed by atoms with Gasteiger partial charge in [-0.1, -0.05) is 20.8 Å². The van der Waals surface area contributed by atoms with Crippen molar-refractivity contribution < 1.29 is 4.79 Å². The molecule has 0 bridgehead atoms. The minimum atomic E-state index is 0.297. The van der Waals surface area contributed by atoms with E-state index in [1.54, 1.807) is 6.92 Å². The predicted molar refractivity (Wildman–Crippen MR) is 37.1 cm³/mol. The van der Waals surface area contributed by atoms with Crippen molar-refractivity contribution in [1.82, 2.24) is 0 Å². The van der Waals surface area contributed by atoms with Gasteiger partial charge in [-0.25, -0.2) is 0 Å². The van der Waals surface area contributed by atoms with E-state index in [2.05, 4.69) is 20.8 Å². The lowest BCUT2D eigenvalue weighted by atomic mass is 10.1. The molecule has 0 heterocycles. The van der Waals surface area contributed by atoms with Gasteiger partial charge in [0.05, 0.1) is 0 Å². The van der Waals surface area contributed by atoms with Gasteiger partial charge in [-0.05, 0) is 18.3 Å². The van der Waals surface area contributed by atoms with Gasteiger partial charge in [0.1, 0.15) is 5.78 Å². The van der Waals surface area contributed by atoms with Crippen LogP contribution in [0.3, 0.4) is 0 Å². The summed E-state index contributed by atoms with van der Waals surface area (Å²) >= 11 is 0. The Morgan fingerprint density at radius 2 is 1.78 bits per heavy atom. The van der Waals surface area contributed by atoms with Crippen molar-refractivity contribution in [2.24, 2.45) is 17.3 Å². The summed E-state index contributed by atoms with van der Waals surface area (Å²) in [7, 11) is 0. The highest BCUT2D eigenvalue weighted by Gasteiger charge is 2.56. The lowest BCUT2D eigenvalue weighted by Gasteiger charge is -1.96. The Hall–Kier alpha value is -0.330. The molecule has 1 fully saturated rings.